The number of nitrogens with zero attached hydrogens (tertiary/aromatic N) is 1. The summed E-state index contributed by atoms with van der Waals surface area (Å²) in [6.07, 6.45) is -2.03. The molecule has 0 saturated heterocycles. The van der Waals surface area contributed by atoms with E-state index in [-0.39, 0.29) is 30.5 Å². The van der Waals surface area contributed by atoms with Gasteiger partial charge in [0.15, 0.2) is 5.96 Å². The second-order valence-corrected chi connectivity index (χ2v) is 4.38. The Morgan fingerprint density at radius 2 is 1.94 bits per heavy atom. The van der Waals surface area contributed by atoms with Crippen LogP contribution in [0.15, 0.2) is 4.99 Å². The van der Waals surface area contributed by atoms with Crippen LogP contribution in [-0.2, 0) is 0 Å². The monoisotopic (exact) mass is 399 g/mol. The van der Waals surface area contributed by atoms with Gasteiger partial charge in [0, 0.05) is 19.6 Å². The summed E-state index contributed by atoms with van der Waals surface area (Å²) in [5.74, 6) is 1.46. The van der Waals surface area contributed by atoms with E-state index in [0.717, 1.165) is 12.2 Å². The van der Waals surface area contributed by atoms with Gasteiger partial charge in [0.25, 0.3) is 0 Å². The summed E-state index contributed by atoms with van der Waals surface area (Å²) in [4.78, 5) is 4.18. The zero-order chi connectivity index (χ0) is 13.1. The maximum absolute atomic E-state index is 11.9. The number of guanidine groups is 1. The van der Waals surface area contributed by atoms with Gasteiger partial charge in [0.2, 0.25) is 0 Å². The van der Waals surface area contributed by atoms with Crippen LogP contribution in [0.5, 0.6) is 0 Å². The molecule has 0 aromatic carbocycles. The zero-order valence-corrected chi connectivity index (χ0v) is 13.8. The molecule has 0 aliphatic heterocycles. The molecule has 0 amide bonds. The molecule has 0 bridgehead atoms. The first-order chi connectivity index (χ1) is 7.99. The van der Waals surface area contributed by atoms with Crippen LogP contribution in [0.25, 0.3) is 0 Å². The smallest absolute Gasteiger partial charge is 0.357 e. The van der Waals surface area contributed by atoms with Crippen molar-refractivity contribution in [1.29, 1.82) is 0 Å². The molecule has 18 heavy (non-hydrogen) atoms. The molecule has 0 aliphatic carbocycles. The van der Waals surface area contributed by atoms with Gasteiger partial charge in [-0.3, -0.25) is 4.99 Å². The van der Waals surface area contributed by atoms with Gasteiger partial charge >= 0.3 is 6.18 Å². The molecule has 0 saturated carbocycles. The lowest BCUT2D eigenvalue weighted by molar-refractivity contribution is -0.132. The molecule has 0 radical (unpaired) electrons. The third-order valence-corrected chi connectivity index (χ3v) is 2.52. The van der Waals surface area contributed by atoms with Crippen LogP contribution < -0.4 is 10.6 Å². The van der Waals surface area contributed by atoms with E-state index in [1.165, 1.54) is 0 Å². The number of hydrogen-bond donors (Lipinski definition) is 2. The molecular formula is C10H21F3IN3S. The summed E-state index contributed by atoms with van der Waals surface area (Å²) in [5.41, 5.74) is 0. The highest BCUT2D eigenvalue weighted by Gasteiger charge is 2.26. The Hall–Kier alpha value is 0.140. The van der Waals surface area contributed by atoms with E-state index >= 15 is 0 Å². The highest BCUT2D eigenvalue weighted by molar-refractivity contribution is 14.0. The first-order valence-electron chi connectivity index (χ1n) is 5.57. The van der Waals surface area contributed by atoms with Crippen LogP contribution in [-0.4, -0.2) is 43.8 Å². The first-order valence-corrected chi connectivity index (χ1v) is 6.97. The van der Waals surface area contributed by atoms with Gasteiger partial charge in [0.05, 0.1) is 6.42 Å². The average Bonchev–Trinajstić information content (AvgIpc) is 2.22. The Balaban J connectivity index is 0. The Labute approximate surface area is 128 Å². The Bertz CT molecular complexity index is 225. The summed E-state index contributed by atoms with van der Waals surface area (Å²) in [5, 5.41) is 5.58. The number of aliphatic imine (C=N–C) groups is 1. The lowest BCUT2D eigenvalue weighted by atomic mass is 10.4. The van der Waals surface area contributed by atoms with Crippen molar-refractivity contribution in [2.24, 2.45) is 4.99 Å². The fourth-order valence-corrected chi connectivity index (χ4v) is 1.48. The van der Waals surface area contributed by atoms with E-state index < -0.39 is 12.6 Å². The van der Waals surface area contributed by atoms with Gasteiger partial charge in [-0.1, -0.05) is 0 Å². The molecule has 0 aromatic rings. The van der Waals surface area contributed by atoms with Crippen LogP contribution in [0, 0.1) is 0 Å². The molecule has 2 N–H and O–H groups in total. The van der Waals surface area contributed by atoms with Gasteiger partial charge in [-0.25, -0.2) is 0 Å². The van der Waals surface area contributed by atoms with Crippen LogP contribution in [0.1, 0.15) is 19.8 Å². The summed E-state index contributed by atoms with van der Waals surface area (Å²) in [6, 6.07) is 0. The number of thioether (sulfide) groups is 1. The van der Waals surface area contributed by atoms with Gasteiger partial charge in [-0.2, -0.15) is 24.9 Å². The molecule has 0 atom stereocenters. The fourth-order valence-electron chi connectivity index (χ4n) is 1.06. The van der Waals surface area contributed by atoms with E-state index in [4.69, 9.17) is 0 Å². The van der Waals surface area contributed by atoms with Gasteiger partial charge < -0.3 is 10.6 Å². The van der Waals surface area contributed by atoms with Gasteiger partial charge in [-0.05, 0) is 25.4 Å². The second kappa shape index (κ2) is 12.2. The van der Waals surface area contributed by atoms with Crippen molar-refractivity contribution in [2.45, 2.75) is 25.9 Å². The fraction of sp³-hybridized carbons (Fsp3) is 0.900. The molecule has 0 aromatic heterocycles. The van der Waals surface area contributed by atoms with Crippen LogP contribution in [0.4, 0.5) is 13.2 Å². The quantitative estimate of drug-likeness (QED) is 0.299. The molecular weight excluding hydrogens is 378 g/mol. The normalized spacial score (nSPS) is 11.9. The van der Waals surface area contributed by atoms with Crippen LogP contribution in [0.2, 0.25) is 0 Å². The Morgan fingerprint density at radius 3 is 2.44 bits per heavy atom. The highest BCUT2D eigenvalue weighted by atomic mass is 127. The molecule has 0 heterocycles. The third kappa shape index (κ3) is 14.2. The Morgan fingerprint density at radius 1 is 1.28 bits per heavy atom. The van der Waals surface area contributed by atoms with Crippen molar-refractivity contribution in [2.75, 3.05) is 31.6 Å². The predicted octanol–water partition coefficient (Wildman–Crippen LogP) is 2.87. The standard InChI is InChI=1S/C10H20F3N3S.HI/c1-3-14-9(15-6-4-8-17-2)16-7-5-10(11,12)13;/h3-8H2,1-2H3,(H2,14,15,16);1H. The third-order valence-electron chi connectivity index (χ3n) is 1.82. The summed E-state index contributed by atoms with van der Waals surface area (Å²) >= 11 is 1.73. The molecule has 8 heteroatoms. The van der Waals surface area contributed by atoms with E-state index in [1.54, 1.807) is 11.8 Å². The van der Waals surface area contributed by atoms with E-state index in [1.807, 2.05) is 13.2 Å². The van der Waals surface area contributed by atoms with Crippen molar-refractivity contribution >= 4 is 41.7 Å². The van der Waals surface area contributed by atoms with Crippen molar-refractivity contribution in [3.63, 3.8) is 0 Å². The number of nitrogens with one attached hydrogen (secondary N) is 2. The lowest BCUT2D eigenvalue weighted by Crippen LogP contribution is -2.39. The van der Waals surface area contributed by atoms with Crippen LogP contribution in [0.3, 0.4) is 0 Å². The molecule has 0 rings (SSSR count). The molecule has 0 aliphatic rings. The van der Waals surface area contributed by atoms with Crippen molar-refractivity contribution in [1.82, 2.24) is 10.6 Å². The highest BCUT2D eigenvalue weighted by Crippen LogP contribution is 2.17. The summed E-state index contributed by atoms with van der Waals surface area (Å²) in [7, 11) is 0. The largest absolute Gasteiger partial charge is 0.390 e. The molecule has 0 unspecified atom stereocenters. The van der Waals surface area contributed by atoms with Gasteiger partial charge in [-0.15, -0.1) is 24.0 Å². The SMILES string of the molecule is CCNC(=NCCCSC)NCCC(F)(F)F.I. The zero-order valence-electron chi connectivity index (χ0n) is 10.6. The number of alkyl halides is 3. The molecule has 0 spiro atoms. The Kier molecular flexibility index (Phi) is 13.9. The lowest BCUT2D eigenvalue weighted by Gasteiger charge is -2.12. The number of rotatable bonds is 7. The van der Waals surface area contributed by atoms with E-state index in [9.17, 15) is 13.2 Å². The average molecular weight is 399 g/mol. The predicted molar refractivity (Wildman–Crippen MR) is 83.1 cm³/mol. The number of hydrogen-bond acceptors (Lipinski definition) is 2. The van der Waals surface area contributed by atoms with E-state index in [0.29, 0.717) is 19.0 Å². The molecule has 0 fully saturated rings. The minimum atomic E-state index is -4.12. The first kappa shape index (κ1) is 20.5. The van der Waals surface area contributed by atoms with E-state index in [2.05, 4.69) is 15.6 Å². The van der Waals surface area contributed by atoms with Crippen molar-refractivity contribution < 1.29 is 13.2 Å². The maximum Gasteiger partial charge on any atom is 0.390 e. The second-order valence-electron chi connectivity index (χ2n) is 3.40. The maximum atomic E-state index is 11.9. The molecule has 110 valence electrons. The summed E-state index contributed by atoms with van der Waals surface area (Å²) < 4.78 is 35.8. The molecule has 3 nitrogen and oxygen atoms in total. The summed E-state index contributed by atoms with van der Waals surface area (Å²) in [6.45, 7) is 3.00. The van der Waals surface area contributed by atoms with Crippen LogP contribution >= 0.6 is 35.7 Å². The van der Waals surface area contributed by atoms with Gasteiger partial charge in [0.1, 0.15) is 0 Å². The number of halogens is 4. The van der Waals surface area contributed by atoms with Crippen molar-refractivity contribution in [3.05, 3.63) is 0 Å². The van der Waals surface area contributed by atoms with Crippen molar-refractivity contribution in [3.8, 4) is 0 Å². The topological polar surface area (TPSA) is 36.4 Å². The minimum Gasteiger partial charge on any atom is -0.357 e. The minimum absolute atomic E-state index is 0.